The van der Waals surface area contributed by atoms with Crippen LogP contribution in [0.25, 0.3) is 0 Å². The van der Waals surface area contributed by atoms with E-state index in [2.05, 4.69) is 15.0 Å². The van der Waals surface area contributed by atoms with Gasteiger partial charge in [-0.1, -0.05) is 17.7 Å². The number of aryl methyl sites for hydroxylation is 1. The molecule has 0 spiro atoms. The lowest BCUT2D eigenvalue weighted by Crippen LogP contribution is -2.26. The van der Waals surface area contributed by atoms with Crippen molar-refractivity contribution in [2.75, 3.05) is 16.6 Å². The predicted molar refractivity (Wildman–Crippen MR) is 80.3 cm³/mol. The summed E-state index contributed by atoms with van der Waals surface area (Å²) in [5, 5.41) is 2.52. The van der Waals surface area contributed by atoms with Gasteiger partial charge in [0.05, 0.1) is 4.90 Å². The number of rotatable bonds is 3. The Balaban J connectivity index is 1.88. The molecule has 0 unspecified atom stereocenters. The number of benzene rings is 1. The summed E-state index contributed by atoms with van der Waals surface area (Å²) in [7, 11) is -3.74. The highest BCUT2D eigenvalue weighted by molar-refractivity contribution is 7.92. The van der Waals surface area contributed by atoms with Gasteiger partial charge in [-0.15, -0.1) is 0 Å². The van der Waals surface area contributed by atoms with Gasteiger partial charge in [-0.2, -0.15) is 0 Å². The van der Waals surface area contributed by atoms with E-state index < -0.39 is 10.0 Å². The number of pyridine rings is 1. The second-order valence-electron chi connectivity index (χ2n) is 4.80. The van der Waals surface area contributed by atoms with Crippen molar-refractivity contribution < 1.29 is 17.9 Å². The van der Waals surface area contributed by atoms with Gasteiger partial charge in [-0.05, 0) is 31.2 Å². The molecule has 2 heterocycles. The van der Waals surface area contributed by atoms with Gasteiger partial charge >= 0.3 is 0 Å². The molecule has 2 aromatic rings. The average Bonchev–Trinajstić information content (AvgIpc) is 2.47. The molecule has 0 atom stereocenters. The summed E-state index contributed by atoms with van der Waals surface area (Å²) in [6, 6.07) is 9.48. The highest BCUT2D eigenvalue weighted by Gasteiger charge is 2.20. The number of sulfonamides is 1. The van der Waals surface area contributed by atoms with E-state index in [9.17, 15) is 13.2 Å². The lowest BCUT2D eigenvalue weighted by atomic mass is 10.2. The van der Waals surface area contributed by atoms with Crippen LogP contribution in [0.4, 0.5) is 11.6 Å². The van der Waals surface area contributed by atoms with E-state index in [0.29, 0.717) is 5.75 Å². The monoisotopic (exact) mass is 319 g/mol. The van der Waals surface area contributed by atoms with Crippen molar-refractivity contribution in [1.82, 2.24) is 4.98 Å². The molecule has 0 fully saturated rings. The zero-order valence-electron chi connectivity index (χ0n) is 11.7. The molecular formula is C14H13N3O4S. The topological polar surface area (TPSA) is 97.4 Å². The summed E-state index contributed by atoms with van der Waals surface area (Å²) >= 11 is 0. The third-order valence-corrected chi connectivity index (χ3v) is 4.42. The maximum atomic E-state index is 12.3. The third-order valence-electron chi connectivity index (χ3n) is 3.05. The van der Waals surface area contributed by atoms with E-state index in [1.54, 1.807) is 18.2 Å². The molecule has 0 radical (unpaired) electrons. The van der Waals surface area contributed by atoms with Gasteiger partial charge in [0.2, 0.25) is 0 Å². The largest absolute Gasteiger partial charge is 0.480 e. The van der Waals surface area contributed by atoms with Crippen molar-refractivity contribution in [2.45, 2.75) is 11.8 Å². The number of carbonyl (C=O) groups is 1. The Bertz CT molecular complexity index is 832. The standard InChI is InChI=1S/C14H13N3O4S/c1-9-2-4-10(5-3-9)22(19,20)17-12-7-6-11-14(15-12)16-13(18)8-21-11/h2-7H,8H2,1H3,(H2,15,16,17,18). The zero-order valence-corrected chi connectivity index (χ0v) is 12.5. The number of fused-ring (bicyclic) bond motifs is 1. The molecule has 7 nitrogen and oxygen atoms in total. The minimum Gasteiger partial charge on any atom is -0.480 e. The van der Waals surface area contributed by atoms with Crippen LogP contribution < -0.4 is 14.8 Å². The van der Waals surface area contributed by atoms with Crippen molar-refractivity contribution in [1.29, 1.82) is 0 Å². The van der Waals surface area contributed by atoms with Crippen molar-refractivity contribution in [3.8, 4) is 5.75 Å². The first kappa shape index (κ1) is 14.3. The minimum absolute atomic E-state index is 0.0802. The summed E-state index contributed by atoms with van der Waals surface area (Å²) < 4.78 is 32.1. The van der Waals surface area contributed by atoms with Gasteiger partial charge < -0.3 is 10.1 Å². The van der Waals surface area contributed by atoms with E-state index in [0.717, 1.165) is 5.56 Å². The summed E-state index contributed by atoms with van der Waals surface area (Å²) in [5.74, 6) is 0.363. The molecule has 1 aliphatic heterocycles. The molecule has 0 saturated heterocycles. The summed E-state index contributed by atoms with van der Waals surface area (Å²) in [6.07, 6.45) is 0. The molecule has 3 rings (SSSR count). The Morgan fingerprint density at radius 3 is 2.64 bits per heavy atom. The quantitative estimate of drug-likeness (QED) is 0.894. The van der Waals surface area contributed by atoms with Crippen molar-refractivity contribution in [3.63, 3.8) is 0 Å². The van der Waals surface area contributed by atoms with Gasteiger partial charge in [0.25, 0.3) is 15.9 Å². The van der Waals surface area contributed by atoms with Crippen LogP contribution in [-0.2, 0) is 14.8 Å². The van der Waals surface area contributed by atoms with Crippen molar-refractivity contribution in [3.05, 3.63) is 42.0 Å². The third kappa shape index (κ3) is 2.86. The summed E-state index contributed by atoms with van der Waals surface area (Å²) in [6.45, 7) is 1.79. The Kier molecular flexibility index (Phi) is 3.45. The lowest BCUT2D eigenvalue weighted by molar-refractivity contribution is -0.118. The average molecular weight is 319 g/mol. The van der Waals surface area contributed by atoms with Crippen molar-refractivity contribution in [2.24, 2.45) is 0 Å². The number of anilines is 2. The van der Waals surface area contributed by atoms with Crippen LogP contribution in [0.3, 0.4) is 0 Å². The number of carbonyl (C=O) groups excluding carboxylic acids is 1. The van der Waals surface area contributed by atoms with Gasteiger partial charge in [-0.3, -0.25) is 9.52 Å². The molecular weight excluding hydrogens is 306 g/mol. The lowest BCUT2D eigenvalue weighted by Gasteiger charge is -2.17. The molecule has 0 bridgehead atoms. The molecule has 2 N–H and O–H groups in total. The SMILES string of the molecule is Cc1ccc(S(=O)(=O)Nc2ccc3c(n2)NC(=O)CO3)cc1. The molecule has 1 aliphatic rings. The fourth-order valence-corrected chi connectivity index (χ4v) is 2.94. The molecule has 0 aliphatic carbocycles. The molecule has 22 heavy (non-hydrogen) atoms. The van der Waals surface area contributed by atoms with E-state index in [1.807, 2.05) is 6.92 Å². The maximum absolute atomic E-state index is 12.3. The molecule has 8 heteroatoms. The number of nitrogens with one attached hydrogen (secondary N) is 2. The highest BCUT2D eigenvalue weighted by atomic mass is 32.2. The van der Waals surface area contributed by atoms with E-state index in [-0.39, 0.29) is 29.0 Å². The van der Waals surface area contributed by atoms with Crippen LogP contribution in [-0.4, -0.2) is 25.9 Å². The van der Waals surface area contributed by atoms with E-state index in [4.69, 9.17) is 4.74 Å². The number of ether oxygens (including phenoxy) is 1. The number of nitrogens with zero attached hydrogens (tertiary/aromatic N) is 1. The van der Waals surface area contributed by atoms with E-state index >= 15 is 0 Å². The van der Waals surface area contributed by atoms with Crippen molar-refractivity contribution >= 4 is 27.6 Å². The number of hydrogen-bond acceptors (Lipinski definition) is 5. The number of hydrogen-bond donors (Lipinski definition) is 2. The van der Waals surface area contributed by atoms with Gasteiger partial charge in [-0.25, -0.2) is 13.4 Å². The highest BCUT2D eigenvalue weighted by Crippen LogP contribution is 2.27. The molecule has 114 valence electrons. The second kappa shape index (κ2) is 5.30. The summed E-state index contributed by atoms with van der Waals surface area (Å²) in [5.41, 5.74) is 0.964. The Morgan fingerprint density at radius 2 is 1.91 bits per heavy atom. The molecule has 1 amide bonds. The smallest absolute Gasteiger partial charge is 0.263 e. The molecule has 0 saturated carbocycles. The number of aromatic nitrogens is 1. The Hall–Kier alpha value is -2.61. The van der Waals surface area contributed by atoms with Gasteiger partial charge in [0.15, 0.2) is 18.2 Å². The van der Waals surface area contributed by atoms with Gasteiger partial charge in [0, 0.05) is 0 Å². The Labute approximate surface area is 127 Å². The first-order valence-corrected chi connectivity index (χ1v) is 7.95. The van der Waals surface area contributed by atoms with Crippen LogP contribution in [0.15, 0.2) is 41.3 Å². The summed E-state index contributed by atoms with van der Waals surface area (Å²) in [4.78, 5) is 15.4. The van der Waals surface area contributed by atoms with Crippen LogP contribution in [0, 0.1) is 6.92 Å². The van der Waals surface area contributed by atoms with Crippen LogP contribution in [0.1, 0.15) is 5.56 Å². The molecule has 1 aromatic carbocycles. The Morgan fingerprint density at radius 1 is 1.18 bits per heavy atom. The van der Waals surface area contributed by atoms with Crippen LogP contribution >= 0.6 is 0 Å². The second-order valence-corrected chi connectivity index (χ2v) is 6.48. The van der Waals surface area contributed by atoms with Gasteiger partial charge in [0.1, 0.15) is 5.82 Å². The molecule has 1 aromatic heterocycles. The van der Waals surface area contributed by atoms with E-state index in [1.165, 1.54) is 18.2 Å². The zero-order chi connectivity index (χ0) is 15.7. The first-order chi connectivity index (χ1) is 10.4. The number of amides is 1. The maximum Gasteiger partial charge on any atom is 0.263 e. The predicted octanol–water partition coefficient (Wildman–Crippen LogP) is 1.52. The fraction of sp³-hybridized carbons (Fsp3) is 0.143. The van der Waals surface area contributed by atoms with Crippen LogP contribution in [0.2, 0.25) is 0 Å². The first-order valence-electron chi connectivity index (χ1n) is 6.47. The fourth-order valence-electron chi connectivity index (χ4n) is 1.93. The minimum atomic E-state index is -3.74. The normalized spacial score (nSPS) is 13.8. The van der Waals surface area contributed by atoms with Crippen LogP contribution in [0.5, 0.6) is 5.75 Å².